The summed E-state index contributed by atoms with van der Waals surface area (Å²) in [4.78, 5) is 13.3. The molecule has 21 heavy (non-hydrogen) atoms. The number of hydrogen-bond acceptors (Lipinski definition) is 4. The molecule has 0 aliphatic carbocycles. The molecule has 122 valence electrons. The van der Waals surface area contributed by atoms with Crippen LogP contribution >= 0.6 is 0 Å². The van der Waals surface area contributed by atoms with Crippen LogP contribution in [0.4, 0.5) is 18.0 Å². The molecule has 2 saturated heterocycles. The molecule has 0 spiro atoms. The Morgan fingerprint density at radius 2 is 2.14 bits per heavy atom. The van der Waals surface area contributed by atoms with Crippen molar-refractivity contribution < 1.29 is 27.4 Å². The number of nitrogens with zero attached hydrogens (tertiary/aromatic N) is 2. The average Bonchev–Trinajstić information content (AvgIpc) is 2.93. The molecule has 2 rings (SSSR count). The van der Waals surface area contributed by atoms with Gasteiger partial charge in [-0.3, -0.25) is 4.90 Å². The Morgan fingerprint density at radius 3 is 2.76 bits per heavy atom. The fourth-order valence-corrected chi connectivity index (χ4v) is 3.43. The lowest BCUT2D eigenvalue weighted by Gasteiger charge is -2.34. The van der Waals surface area contributed by atoms with Gasteiger partial charge < -0.3 is 9.47 Å². The first-order valence-corrected chi connectivity index (χ1v) is 7.03. The Labute approximate surface area is 122 Å². The molecule has 0 saturated carbocycles. The number of methoxy groups -OCH3 is 1. The lowest BCUT2D eigenvalue weighted by atomic mass is 9.95. The fraction of sp³-hybridized carbons (Fsp3) is 0.923. The lowest BCUT2D eigenvalue weighted by Crippen LogP contribution is -2.47. The number of rotatable bonds is 4. The quantitative estimate of drug-likeness (QED) is 0.747. The first-order valence-electron chi connectivity index (χ1n) is 7.03. The van der Waals surface area contributed by atoms with E-state index in [0.717, 1.165) is 32.2 Å². The summed E-state index contributed by atoms with van der Waals surface area (Å²) in [5.41, 5.74) is -0.0260. The zero-order chi connectivity index (χ0) is 15.7. The number of fused-ring (bicyclic) bond motifs is 1. The monoisotopic (exact) mass is 310 g/mol. The molecule has 2 heterocycles. The van der Waals surface area contributed by atoms with Crippen molar-refractivity contribution in [3.63, 3.8) is 0 Å². The maximum atomic E-state index is 12.4. The molecular weight excluding hydrogens is 289 g/mol. The van der Waals surface area contributed by atoms with Gasteiger partial charge in [-0.25, -0.2) is 9.69 Å². The highest BCUT2D eigenvalue weighted by Gasteiger charge is 2.49. The van der Waals surface area contributed by atoms with E-state index in [-0.39, 0.29) is 23.1 Å². The molecule has 0 N–H and O–H groups in total. The van der Waals surface area contributed by atoms with E-state index in [1.54, 1.807) is 7.11 Å². The Bertz CT molecular complexity index is 391. The molecular formula is C13H21F3N2O3. The minimum Gasteiger partial charge on any atom is -0.448 e. The zero-order valence-electron chi connectivity index (χ0n) is 12.3. The Morgan fingerprint density at radius 1 is 1.43 bits per heavy atom. The minimum atomic E-state index is -4.71. The van der Waals surface area contributed by atoms with Crippen molar-refractivity contribution in [3.05, 3.63) is 0 Å². The molecule has 1 amide bonds. The van der Waals surface area contributed by atoms with Gasteiger partial charge in [0.25, 0.3) is 0 Å². The van der Waals surface area contributed by atoms with Crippen LogP contribution in [0.3, 0.4) is 0 Å². The molecule has 0 unspecified atom stereocenters. The number of hydrogen-bond donors (Lipinski definition) is 0. The number of ether oxygens (including phenoxy) is 2. The Balaban J connectivity index is 1.89. The first kappa shape index (κ1) is 16.4. The summed E-state index contributed by atoms with van der Waals surface area (Å²) < 4.78 is 47.2. The van der Waals surface area contributed by atoms with E-state index in [4.69, 9.17) is 9.47 Å². The number of halogens is 3. The normalized spacial score (nSPS) is 29.5. The highest BCUT2D eigenvalue weighted by molar-refractivity contribution is 5.67. The van der Waals surface area contributed by atoms with Crippen LogP contribution in [0.25, 0.3) is 0 Å². The van der Waals surface area contributed by atoms with E-state index >= 15 is 0 Å². The van der Waals surface area contributed by atoms with Gasteiger partial charge >= 0.3 is 12.4 Å². The summed E-state index contributed by atoms with van der Waals surface area (Å²) in [6, 6.07) is -0.0202. The van der Waals surface area contributed by atoms with Crippen molar-refractivity contribution in [1.29, 1.82) is 0 Å². The van der Waals surface area contributed by atoms with Crippen molar-refractivity contribution in [2.75, 3.05) is 33.9 Å². The van der Waals surface area contributed by atoms with Crippen LogP contribution in [0.2, 0.25) is 0 Å². The molecule has 0 aromatic carbocycles. The largest absolute Gasteiger partial charge is 0.489 e. The third kappa shape index (κ3) is 3.26. The molecule has 2 aliphatic rings. The molecule has 2 fully saturated rings. The second-order valence-electron chi connectivity index (χ2n) is 5.75. The summed E-state index contributed by atoms with van der Waals surface area (Å²) in [6.07, 6.45) is -2.26. The molecule has 2 aliphatic heterocycles. The predicted molar refractivity (Wildman–Crippen MR) is 68.7 cm³/mol. The van der Waals surface area contributed by atoms with Crippen LogP contribution < -0.4 is 0 Å². The predicted octanol–water partition coefficient (Wildman–Crippen LogP) is 2.22. The highest BCUT2D eigenvalue weighted by atomic mass is 19.4. The summed E-state index contributed by atoms with van der Waals surface area (Å²) in [7, 11) is 2.32. The van der Waals surface area contributed by atoms with Crippen LogP contribution in [0.5, 0.6) is 0 Å². The summed E-state index contributed by atoms with van der Waals surface area (Å²) >= 11 is 0. The lowest BCUT2D eigenvalue weighted by molar-refractivity contribution is -0.222. The molecule has 2 atom stereocenters. The molecule has 8 heteroatoms. The van der Waals surface area contributed by atoms with Gasteiger partial charge in [0, 0.05) is 25.7 Å². The summed E-state index contributed by atoms with van der Waals surface area (Å²) in [5.74, 6) is 0. The van der Waals surface area contributed by atoms with E-state index in [0.29, 0.717) is 13.7 Å². The molecule has 0 bridgehead atoms. The Hall–Kier alpha value is -1.02. The van der Waals surface area contributed by atoms with Gasteiger partial charge in [-0.2, -0.15) is 0 Å². The smallest absolute Gasteiger partial charge is 0.448 e. The third-order valence-corrected chi connectivity index (χ3v) is 4.50. The number of amides is 1. The third-order valence-electron chi connectivity index (χ3n) is 4.50. The zero-order valence-corrected chi connectivity index (χ0v) is 12.3. The van der Waals surface area contributed by atoms with Crippen molar-refractivity contribution in [1.82, 2.24) is 9.80 Å². The van der Waals surface area contributed by atoms with Gasteiger partial charge in [-0.1, -0.05) is 0 Å². The molecule has 0 aromatic heterocycles. The van der Waals surface area contributed by atoms with Crippen LogP contribution in [0, 0.1) is 0 Å². The molecule has 5 nitrogen and oxygen atoms in total. The first-order chi connectivity index (χ1) is 9.80. The van der Waals surface area contributed by atoms with E-state index in [1.165, 1.54) is 0 Å². The second-order valence-corrected chi connectivity index (χ2v) is 5.75. The summed E-state index contributed by atoms with van der Waals surface area (Å²) in [6.45, 7) is 1.48. The van der Waals surface area contributed by atoms with Crippen molar-refractivity contribution in [2.24, 2.45) is 0 Å². The van der Waals surface area contributed by atoms with E-state index in [9.17, 15) is 18.0 Å². The van der Waals surface area contributed by atoms with Crippen LogP contribution in [-0.4, -0.2) is 67.7 Å². The molecule has 0 radical (unpaired) electrons. The van der Waals surface area contributed by atoms with Crippen molar-refractivity contribution >= 4 is 6.09 Å². The maximum Gasteiger partial charge on any atom is 0.489 e. The SMILES string of the molecule is COC[C@@]12CCCN1[C@H](COC(=O)N(C)C(F)(F)F)CC2. The number of carbonyl (C=O) groups excluding carboxylic acids is 1. The van der Waals surface area contributed by atoms with Gasteiger partial charge in [0.2, 0.25) is 0 Å². The Kier molecular flexibility index (Phi) is 4.67. The van der Waals surface area contributed by atoms with Crippen LogP contribution in [0.15, 0.2) is 0 Å². The number of carbonyl (C=O) groups is 1. The van der Waals surface area contributed by atoms with Gasteiger partial charge in [0.15, 0.2) is 0 Å². The van der Waals surface area contributed by atoms with Crippen molar-refractivity contribution in [2.45, 2.75) is 43.6 Å². The minimum absolute atomic E-state index is 0.00921. The average molecular weight is 310 g/mol. The van der Waals surface area contributed by atoms with Gasteiger partial charge in [0.1, 0.15) is 6.61 Å². The van der Waals surface area contributed by atoms with Crippen LogP contribution in [0.1, 0.15) is 25.7 Å². The van der Waals surface area contributed by atoms with Crippen LogP contribution in [-0.2, 0) is 9.47 Å². The highest BCUT2D eigenvalue weighted by Crippen LogP contribution is 2.42. The van der Waals surface area contributed by atoms with E-state index in [1.807, 2.05) is 0 Å². The van der Waals surface area contributed by atoms with E-state index in [2.05, 4.69) is 4.90 Å². The number of alkyl halides is 3. The second kappa shape index (κ2) is 6.00. The maximum absolute atomic E-state index is 12.4. The summed E-state index contributed by atoms with van der Waals surface area (Å²) in [5, 5.41) is 0. The van der Waals surface area contributed by atoms with Gasteiger partial charge in [-0.05, 0) is 32.2 Å². The standard InChI is InChI=1S/C13H21F3N2O3/c1-17(13(14,15)16)11(19)21-8-10-4-6-12(9-20-2)5-3-7-18(10)12/h10H,3-9H2,1-2H3/t10-,12-/m0/s1. The van der Waals surface area contributed by atoms with Gasteiger partial charge in [-0.15, -0.1) is 13.2 Å². The van der Waals surface area contributed by atoms with Crippen molar-refractivity contribution in [3.8, 4) is 0 Å². The van der Waals surface area contributed by atoms with E-state index < -0.39 is 12.4 Å². The molecule has 0 aromatic rings. The fourth-order valence-electron chi connectivity index (χ4n) is 3.43. The van der Waals surface area contributed by atoms with Gasteiger partial charge in [0.05, 0.1) is 6.61 Å². The topological polar surface area (TPSA) is 42.0 Å².